The van der Waals surface area contributed by atoms with E-state index < -0.39 is 0 Å². The monoisotopic (exact) mass is 153 g/mol. The molecule has 0 aromatic heterocycles. The van der Waals surface area contributed by atoms with Crippen LogP contribution in [0.25, 0.3) is 0 Å². The molecule has 2 fully saturated rings. The van der Waals surface area contributed by atoms with E-state index in [4.69, 9.17) is 0 Å². The predicted octanol–water partition coefficient (Wildman–Crippen LogP) is 2.17. The summed E-state index contributed by atoms with van der Waals surface area (Å²) < 4.78 is 0. The molecule has 2 rings (SSSR count). The Morgan fingerprint density at radius 1 is 1.09 bits per heavy atom. The van der Waals surface area contributed by atoms with Crippen molar-refractivity contribution in [1.29, 1.82) is 0 Å². The van der Waals surface area contributed by atoms with Crippen LogP contribution in [-0.4, -0.2) is 12.6 Å². The van der Waals surface area contributed by atoms with Crippen LogP contribution in [0.4, 0.5) is 0 Å². The van der Waals surface area contributed by atoms with Crippen LogP contribution in [0.1, 0.15) is 39.0 Å². The zero-order valence-electron chi connectivity index (χ0n) is 7.47. The molecule has 0 aromatic rings. The molecule has 0 spiro atoms. The number of rotatable bonds is 0. The summed E-state index contributed by atoms with van der Waals surface area (Å²) in [5.74, 6) is 2.03. The van der Waals surface area contributed by atoms with E-state index in [0.29, 0.717) is 0 Å². The van der Waals surface area contributed by atoms with Crippen molar-refractivity contribution in [2.45, 2.75) is 45.1 Å². The molecule has 64 valence electrons. The minimum atomic E-state index is 0.804. The molecule has 2 aliphatic rings. The van der Waals surface area contributed by atoms with E-state index in [1.165, 1.54) is 38.6 Å². The molecule has 3 atom stereocenters. The van der Waals surface area contributed by atoms with Crippen molar-refractivity contribution in [3.63, 3.8) is 0 Å². The minimum Gasteiger partial charge on any atom is -0.314 e. The average molecular weight is 153 g/mol. The Bertz CT molecular complexity index is 133. The van der Waals surface area contributed by atoms with Gasteiger partial charge < -0.3 is 5.32 Å². The summed E-state index contributed by atoms with van der Waals surface area (Å²) in [6.45, 7) is 3.65. The van der Waals surface area contributed by atoms with Gasteiger partial charge in [0.25, 0.3) is 0 Å². The van der Waals surface area contributed by atoms with Crippen molar-refractivity contribution in [2.24, 2.45) is 11.8 Å². The summed E-state index contributed by atoms with van der Waals surface area (Å²) in [6, 6.07) is 0.804. The van der Waals surface area contributed by atoms with Crippen molar-refractivity contribution in [3.05, 3.63) is 0 Å². The molecule has 1 nitrogen and oxygen atoms in total. The third kappa shape index (κ3) is 1.44. The lowest BCUT2D eigenvalue weighted by atomic mass is 9.87. The van der Waals surface area contributed by atoms with Crippen molar-refractivity contribution in [3.8, 4) is 0 Å². The van der Waals surface area contributed by atoms with E-state index >= 15 is 0 Å². The molecule has 0 aromatic carbocycles. The molecule has 11 heavy (non-hydrogen) atoms. The Labute approximate surface area is 69.6 Å². The summed E-state index contributed by atoms with van der Waals surface area (Å²) in [5, 5.41) is 3.59. The molecular formula is C10H19N. The number of fused-ring (bicyclic) bond motifs is 1. The van der Waals surface area contributed by atoms with Crippen LogP contribution in [-0.2, 0) is 0 Å². The van der Waals surface area contributed by atoms with Crippen LogP contribution in [0.15, 0.2) is 0 Å². The molecule has 0 unspecified atom stereocenters. The predicted molar refractivity (Wildman–Crippen MR) is 47.5 cm³/mol. The fourth-order valence-electron chi connectivity index (χ4n) is 2.81. The first kappa shape index (κ1) is 7.60. The van der Waals surface area contributed by atoms with Gasteiger partial charge in [0.2, 0.25) is 0 Å². The van der Waals surface area contributed by atoms with Gasteiger partial charge in [-0.25, -0.2) is 0 Å². The maximum Gasteiger partial charge on any atom is 0.00702 e. The van der Waals surface area contributed by atoms with Gasteiger partial charge in [-0.15, -0.1) is 0 Å². The highest BCUT2D eigenvalue weighted by molar-refractivity contribution is 4.88. The smallest absolute Gasteiger partial charge is 0.00702 e. The van der Waals surface area contributed by atoms with Gasteiger partial charge in [0.05, 0.1) is 0 Å². The largest absolute Gasteiger partial charge is 0.314 e. The highest BCUT2D eigenvalue weighted by Crippen LogP contribution is 2.34. The highest BCUT2D eigenvalue weighted by Gasteiger charge is 2.32. The second-order valence-electron chi connectivity index (χ2n) is 4.26. The topological polar surface area (TPSA) is 12.0 Å². The van der Waals surface area contributed by atoms with Crippen LogP contribution in [0.3, 0.4) is 0 Å². The highest BCUT2D eigenvalue weighted by atomic mass is 15.0. The van der Waals surface area contributed by atoms with E-state index in [9.17, 15) is 0 Å². The van der Waals surface area contributed by atoms with Gasteiger partial charge in [-0.2, -0.15) is 0 Å². The first-order valence-corrected chi connectivity index (χ1v) is 5.11. The quantitative estimate of drug-likeness (QED) is 0.562. The molecule has 1 N–H and O–H groups in total. The van der Waals surface area contributed by atoms with E-state index in [2.05, 4.69) is 12.2 Å². The third-order valence-corrected chi connectivity index (χ3v) is 3.56. The lowest BCUT2D eigenvalue weighted by molar-refractivity contribution is 0.355. The summed E-state index contributed by atoms with van der Waals surface area (Å²) >= 11 is 0. The molecule has 1 saturated carbocycles. The maximum atomic E-state index is 3.59. The van der Waals surface area contributed by atoms with Gasteiger partial charge in [-0.05, 0) is 38.1 Å². The van der Waals surface area contributed by atoms with Gasteiger partial charge in [0.15, 0.2) is 0 Å². The SMILES string of the molecule is C[C@@H]1NC[C@H]2CCCCC[C@@H]21. The number of nitrogens with one attached hydrogen (secondary N) is 1. The molecule has 1 heteroatoms. The van der Waals surface area contributed by atoms with Crippen LogP contribution in [0, 0.1) is 11.8 Å². The van der Waals surface area contributed by atoms with E-state index in [0.717, 1.165) is 17.9 Å². The molecule has 1 heterocycles. The molecule has 1 aliphatic carbocycles. The van der Waals surface area contributed by atoms with Gasteiger partial charge in [0.1, 0.15) is 0 Å². The molecule has 0 bridgehead atoms. The van der Waals surface area contributed by atoms with Crippen molar-refractivity contribution in [1.82, 2.24) is 5.32 Å². The van der Waals surface area contributed by atoms with E-state index in [1.54, 1.807) is 0 Å². The Morgan fingerprint density at radius 2 is 1.91 bits per heavy atom. The summed E-state index contributed by atoms with van der Waals surface area (Å²) in [5.41, 5.74) is 0. The summed E-state index contributed by atoms with van der Waals surface area (Å²) in [7, 11) is 0. The summed E-state index contributed by atoms with van der Waals surface area (Å²) in [6.07, 6.45) is 7.42. The van der Waals surface area contributed by atoms with Crippen molar-refractivity contribution < 1.29 is 0 Å². The third-order valence-electron chi connectivity index (χ3n) is 3.56. The molecular weight excluding hydrogens is 134 g/mol. The lowest BCUT2D eigenvalue weighted by Crippen LogP contribution is -2.22. The average Bonchev–Trinajstić information content (AvgIpc) is 2.25. The first-order valence-electron chi connectivity index (χ1n) is 5.11. The Balaban J connectivity index is 2.00. The Morgan fingerprint density at radius 3 is 2.82 bits per heavy atom. The van der Waals surface area contributed by atoms with Gasteiger partial charge in [0, 0.05) is 6.04 Å². The standard InChI is InChI=1S/C10H19N/c1-8-10-6-4-2-3-5-9(10)7-11-8/h8-11H,2-7H2,1H3/t8-,9+,10+/m0/s1. The van der Waals surface area contributed by atoms with Crippen molar-refractivity contribution >= 4 is 0 Å². The van der Waals surface area contributed by atoms with Crippen LogP contribution < -0.4 is 5.32 Å². The van der Waals surface area contributed by atoms with Gasteiger partial charge in [-0.1, -0.05) is 19.3 Å². The van der Waals surface area contributed by atoms with Crippen LogP contribution in [0.2, 0.25) is 0 Å². The van der Waals surface area contributed by atoms with Crippen molar-refractivity contribution in [2.75, 3.05) is 6.54 Å². The summed E-state index contributed by atoms with van der Waals surface area (Å²) in [4.78, 5) is 0. The fourth-order valence-corrected chi connectivity index (χ4v) is 2.81. The Kier molecular flexibility index (Phi) is 2.17. The minimum absolute atomic E-state index is 0.804. The molecule has 0 radical (unpaired) electrons. The van der Waals surface area contributed by atoms with E-state index in [1.807, 2.05) is 0 Å². The fraction of sp³-hybridized carbons (Fsp3) is 1.00. The zero-order valence-corrected chi connectivity index (χ0v) is 7.47. The lowest BCUT2D eigenvalue weighted by Gasteiger charge is -2.17. The van der Waals surface area contributed by atoms with E-state index in [-0.39, 0.29) is 0 Å². The molecule has 1 aliphatic heterocycles. The van der Waals surface area contributed by atoms with Gasteiger partial charge >= 0.3 is 0 Å². The first-order chi connectivity index (χ1) is 5.38. The van der Waals surface area contributed by atoms with Gasteiger partial charge in [-0.3, -0.25) is 0 Å². The number of hydrogen-bond donors (Lipinski definition) is 1. The number of hydrogen-bond acceptors (Lipinski definition) is 1. The van der Waals surface area contributed by atoms with Crippen LogP contribution in [0.5, 0.6) is 0 Å². The second-order valence-corrected chi connectivity index (χ2v) is 4.26. The normalized spacial score (nSPS) is 45.0. The maximum absolute atomic E-state index is 3.59. The molecule has 1 saturated heterocycles. The van der Waals surface area contributed by atoms with Crippen LogP contribution >= 0.6 is 0 Å². The second kappa shape index (κ2) is 3.14. The Hall–Kier alpha value is -0.0400. The zero-order chi connectivity index (χ0) is 7.68. The molecule has 0 amide bonds.